The minimum atomic E-state index is 1.10. The summed E-state index contributed by atoms with van der Waals surface area (Å²) in [4.78, 5) is 2.55. The highest BCUT2D eigenvalue weighted by molar-refractivity contribution is 9.10. The van der Waals surface area contributed by atoms with Crippen LogP contribution in [0.2, 0.25) is 0 Å². The van der Waals surface area contributed by atoms with E-state index in [4.69, 9.17) is 0 Å². The molecular formula is C24H16Br2S2. The van der Waals surface area contributed by atoms with E-state index in [1.807, 2.05) is 0 Å². The first-order valence-electron chi connectivity index (χ1n) is 8.72. The molecule has 0 aliphatic rings. The molecule has 4 rings (SSSR count). The maximum absolute atomic E-state index is 3.49. The number of hydrogen-bond acceptors (Lipinski definition) is 2. The van der Waals surface area contributed by atoms with Crippen LogP contribution in [0, 0.1) is 0 Å². The van der Waals surface area contributed by atoms with Crippen LogP contribution >= 0.6 is 54.5 Å². The summed E-state index contributed by atoms with van der Waals surface area (Å²) in [7, 11) is 0. The molecule has 0 unspecified atom stereocenters. The summed E-state index contributed by atoms with van der Waals surface area (Å²) < 4.78 is 2.20. The van der Waals surface area contributed by atoms with Crippen LogP contribution < -0.4 is 0 Å². The van der Waals surface area contributed by atoms with Crippen molar-refractivity contribution in [1.29, 1.82) is 0 Å². The van der Waals surface area contributed by atoms with Crippen LogP contribution in [-0.4, -0.2) is 0 Å². The summed E-state index contributed by atoms with van der Waals surface area (Å²) in [5.41, 5.74) is 4.97. The lowest BCUT2D eigenvalue weighted by Crippen LogP contribution is -1.77. The summed E-state index contributed by atoms with van der Waals surface area (Å²) in [6, 6.07) is 21.2. The normalized spacial score (nSPS) is 11.6. The van der Waals surface area contributed by atoms with Gasteiger partial charge < -0.3 is 0 Å². The number of rotatable bonds is 5. The molecule has 0 saturated carbocycles. The molecule has 0 saturated heterocycles. The van der Waals surface area contributed by atoms with Gasteiger partial charge in [-0.3, -0.25) is 0 Å². The fourth-order valence-corrected chi connectivity index (χ4v) is 4.97. The lowest BCUT2D eigenvalue weighted by molar-refractivity contribution is 1.62. The number of hydrogen-bond donors (Lipinski definition) is 0. The number of halogens is 2. The summed E-state index contributed by atoms with van der Waals surface area (Å²) in [5, 5.41) is 4.33. The molecule has 4 aromatic rings. The molecule has 2 aromatic carbocycles. The average molecular weight is 528 g/mol. The van der Waals surface area contributed by atoms with Gasteiger partial charge in [0.2, 0.25) is 0 Å². The van der Waals surface area contributed by atoms with Crippen LogP contribution in [0.25, 0.3) is 35.4 Å². The lowest BCUT2D eigenvalue weighted by Gasteiger charge is -2.01. The Morgan fingerprint density at radius 2 is 0.893 bits per heavy atom. The second kappa shape index (κ2) is 9.19. The Balaban J connectivity index is 1.59. The van der Waals surface area contributed by atoms with Crippen molar-refractivity contribution in [1.82, 2.24) is 0 Å². The van der Waals surface area contributed by atoms with E-state index in [0.717, 1.165) is 8.95 Å². The Morgan fingerprint density at radius 1 is 0.500 bits per heavy atom. The maximum atomic E-state index is 3.49. The highest BCUT2D eigenvalue weighted by atomic mass is 79.9. The zero-order chi connectivity index (χ0) is 19.3. The van der Waals surface area contributed by atoms with Gasteiger partial charge in [-0.05, 0) is 70.4 Å². The van der Waals surface area contributed by atoms with Gasteiger partial charge in [0.25, 0.3) is 0 Å². The first-order valence-corrected chi connectivity index (χ1v) is 12.1. The third-order valence-corrected chi connectivity index (χ3v) is 7.10. The Labute approximate surface area is 190 Å². The van der Waals surface area contributed by atoms with E-state index in [9.17, 15) is 0 Å². The first kappa shape index (κ1) is 19.6. The Kier molecular flexibility index (Phi) is 6.43. The van der Waals surface area contributed by atoms with Crippen molar-refractivity contribution < 1.29 is 0 Å². The van der Waals surface area contributed by atoms with E-state index in [2.05, 4.69) is 128 Å². The molecule has 0 amide bonds. The second-order valence-electron chi connectivity index (χ2n) is 6.17. The van der Waals surface area contributed by atoms with Gasteiger partial charge >= 0.3 is 0 Å². The molecule has 28 heavy (non-hydrogen) atoms. The van der Waals surface area contributed by atoms with Crippen molar-refractivity contribution in [3.63, 3.8) is 0 Å². The van der Waals surface area contributed by atoms with Crippen molar-refractivity contribution >= 4 is 78.8 Å². The Bertz CT molecular complexity index is 1020. The van der Waals surface area contributed by atoms with Gasteiger partial charge in [0, 0.05) is 29.8 Å². The predicted octanol–water partition coefficient (Wildman–Crippen LogP) is 9.34. The molecule has 0 aliphatic heterocycles. The molecule has 2 heterocycles. The topological polar surface area (TPSA) is 0 Å². The Hall–Kier alpha value is -1.72. The third-order valence-electron chi connectivity index (χ3n) is 4.27. The molecule has 4 heteroatoms. The van der Waals surface area contributed by atoms with E-state index >= 15 is 0 Å². The predicted molar refractivity (Wildman–Crippen MR) is 134 cm³/mol. The molecule has 0 spiro atoms. The van der Waals surface area contributed by atoms with Crippen molar-refractivity contribution in [2.75, 3.05) is 0 Å². The van der Waals surface area contributed by atoms with Gasteiger partial charge in [-0.25, -0.2) is 0 Å². The van der Waals surface area contributed by atoms with Gasteiger partial charge in [0.1, 0.15) is 0 Å². The molecule has 0 nitrogen and oxygen atoms in total. The van der Waals surface area contributed by atoms with Gasteiger partial charge in [-0.15, -0.1) is 22.7 Å². The van der Waals surface area contributed by atoms with Crippen LogP contribution in [0.1, 0.15) is 20.9 Å². The first-order chi connectivity index (χ1) is 13.7. The molecule has 0 N–H and O–H groups in total. The van der Waals surface area contributed by atoms with E-state index in [0.29, 0.717) is 0 Å². The molecule has 2 aromatic heterocycles. The summed E-state index contributed by atoms with van der Waals surface area (Å²) >= 11 is 10.5. The minimum absolute atomic E-state index is 1.10. The summed E-state index contributed by atoms with van der Waals surface area (Å²) in [6.07, 6.45) is 8.77. The molecule has 0 radical (unpaired) electrons. The van der Waals surface area contributed by atoms with Crippen LogP contribution in [0.5, 0.6) is 0 Å². The Morgan fingerprint density at radius 3 is 1.29 bits per heavy atom. The van der Waals surface area contributed by atoms with Gasteiger partial charge in [-0.1, -0.05) is 68.3 Å². The van der Waals surface area contributed by atoms with Crippen LogP contribution in [-0.2, 0) is 0 Å². The van der Waals surface area contributed by atoms with Gasteiger partial charge in [-0.2, -0.15) is 0 Å². The quantitative estimate of drug-likeness (QED) is 0.242. The smallest absolute Gasteiger partial charge is 0.0349 e. The number of benzene rings is 2. The van der Waals surface area contributed by atoms with Crippen molar-refractivity contribution in [2.45, 2.75) is 0 Å². The summed E-state index contributed by atoms with van der Waals surface area (Å²) in [6.45, 7) is 0. The van der Waals surface area contributed by atoms with Crippen molar-refractivity contribution in [2.24, 2.45) is 0 Å². The molecule has 0 atom stereocenters. The zero-order valence-corrected chi connectivity index (χ0v) is 19.6. The van der Waals surface area contributed by atoms with E-state index in [1.165, 1.54) is 32.0 Å². The van der Waals surface area contributed by atoms with E-state index < -0.39 is 0 Å². The highest BCUT2D eigenvalue weighted by Crippen LogP contribution is 2.36. The maximum Gasteiger partial charge on any atom is 0.0349 e. The second-order valence-corrected chi connectivity index (χ2v) is 9.89. The van der Waals surface area contributed by atoms with Crippen LogP contribution in [0.4, 0.5) is 0 Å². The standard InChI is InChI=1S/C24H16Br2S2/c25-19-7-1-17(2-8-19)5-11-23-21(13-15-27-23)22-14-16-28-24(22)12-6-18-3-9-20(26)10-4-18/h1-16H. The molecule has 138 valence electrons. The third kappa shape index (κ3) is 4.81. The van der Waals surface area contributed by atoms with Crippen molar-refractivity contribution in [3.05, 3.63) is 101 Å². The fourth-order valence-electron chi connectivity index (χ4n) is 2.84. The largest absolute Gasteiger partial charge is 0.144 e. The van der Waals surface area contributed by atoms with Crippen LogP contribution in [0.3, 0.4) is 0 Å². The highest BCUT2D eigenvalue weighted by Gasteiger charge is 2.09. The molecule has 0 bridgehead atoms. The van der Waals surface area contributed by atoms with Gasteiger partial charge in [0.05, 0.1) is 0 Å². The minimum Gasteiger partial charge on any atom is -0.144 e. The molecule has 0 aliphatic carbocycles. The lowest BCUT2D eigenvalue weighted by atomic mass is 10.1. The monoisotopic (exact) mass is 526 g/mol. The van der Waals surface area contributed by atoms with Crippen molar-refractivity contribution in [3.8, 4) is 11.1 Å². The van der Waals surface area contributed by atoms with E-state index in [-0.39, 0.29) is 0 Å². The van der Waals surface area contributed by atoms with Gasteiger partial charge in [0.15, 0.2) is 0 Å². The average Bonchev–Trinajstić information content (AvgIpc) is 3.36. The van der Waals surface area contributed by atoms with E-state index in [1.54, 1.807) is 22.7 Å². The molecular weight excluding hydrogens is 512 g/mol. The van der Waals surface area contributed by atoms with Crippen LogP contribution in [0.15, 0.2) is 80.4 Å². The number of thiophene rings is 2. The fraction of sp³-hybridized carbons (Fsp3) is 0. The molecule has 0 fully saturated rings. The summed E-state index contributed by atoms with van der Waals surface area (Å²) in [5.74, 6) is 0. The zero-order valence-electron chi connectivity index (χ0n) is 14.8. The SMILES string of the molecule is Brc1ccc(C=Cc2sccc2-c2ccsc2C=Cc2ccc(Br)cc2)cc1.